The molecule has 0 unspecified atom stereocenters. The van der Waals surface area contributed by atoms with Gasteiger partial charge >= 0.3 is 0 Å². The number of hydrogen-bond acceptors (Lipinski definition) is 5. The van der Waals surface area contributed by atoms with Crippen molar-refractivity contribution in [1.29, 1.82) is 0 Å². The molecule has 2 aromatic rings. The summed E-state index contributed by atoms with van der Waals surface area (Å²) in [5.74, 6) is 0.784. The number of aryl methyl sites for hydroxylation is 1. The van der Waals surface area contributed by atoms with Crippen LogP contribution in [0.1, 0.15) is 65.3 Å². The first-order valence-electron chi connectivity index (χ1n) is 8.58. The van der Waals surface area contributed by atoms with Crippen LogP contribution in [0, 0.1) is 6.92 Å². The van der Waals surface area contributed by atoms with Crippen LogP contribution < -0.4 is 0 Å². The average molecular weight is 330 g/mol. The third kappa shape index (κ3) is 2.84. The van der Waals surface area contributed by atoms with Gasteiger partial charge in [-0.15, -0.1) is 0 Å². The van der Waals surface area contributed by atoms with E-state index in [0.717, 1.165) is 43.6 Å². The molecule has 4 heterocycles. The summed E-state index contributed by atoms with van der Waals surface area (Å²) < 4.78 is 11.1. The molecule has 2 atom stereocenters. The maximum Gasteiger partial charge on any atom is 0.276 e. The van der Waals surface area contributed by atoms with Crippen LogP contribution in [0.4, 0.5) is 0 Å². The SMILES string of the molecule is Cc1cc([C@@H]2CCCN(C(=O)c3ncoc3[C@H]3CCCO3)C2)n[nH]1. The van der Waals surface area contributed by atoms with E-state index in [9.17, 15) is 4.79 Å². The van der Waals surface area contributed by atoms with Gasteiger partial charge < -0.3 is 14.1 Å². The van der Waals surface area contributed by atoms with Crippen molar-refractivity contribution in [2.75, 3.05) is 19.7 Å². The van der Waals surface area contributed by atoms with E-state index in [0.29, 0.717) is 24.6 Å². The second-order valence-electron chi connectivity index (χ2n) is 6.63. The van der Waals surface area contributed by atoms with Crippen LogP contribution in [0.3, 0.4) is 0 Å². The Hall–Kier alpha value is -2.15. The summed E-state index contributed by atoms with van der Waals surface area (Å²) in [6.07, 6.45) is 5.10. The van der Waals surface area contributed by atoms with E-state index in [4.69, 9.17) is 9.15 Å². The zero-order chi connectivity index (χ0) is 16.5. The summed E-state index contributed by atoms with van der Waals surface area (Å²) in [6, 6.07) is 2.06. The summed E-state index contributed by atoms with van der Waals surface area (Å²) in [5, 5.41) is 7.35. The molecule has 7 nitrogen and oxygen atoms in total. The Labute approximate surface area is 140 Å². The average Bonchev–Trinajstić information content (AvgIpc) is 3.34. The van der Waals surface area contributed by atoms with Crippen LogP contribution in [-0.2, 0) is 4.74 Å². The molecular weight excluding hydrogens is 308 g/mol. The number of nitrogens with one attached hydrogen (secondary N) is 1. The smallest absolute Gasteiger partial charge is 0.276 e. The number of carbonyl (C=O) groups is 1. The van der Waals surface area contributed by atoms with E-state index >= 15 is 0 Å². The van der Waals surface area contributed by atoms with Gasteiger partial charge in [0.15, 0.2) is 17.8 Å². The molecule has 0 aromatic carbocycles. The number of amides is 1. The molecule has 0 spiro atoms. The van der Waals surface area contributed by atoms with E-state index in [1.807, 2.05) is 11.8 Å². The molecule has 4 rings (SSSR count). The molecule has 0 bridgehead atoms. The molecular formula is C17H22N4O3. The molecule has 2 aliphatic rings. The number of oxazole rings is 1. The van der Waals surface area contributed by atoms with E-state index in [1.54, 1.807) is 0 Å². The Balaban J connectivity index is 1.51. The molecule has 2 aliphatic heterocycles. The number of hydrogen-bond donors (Lipinski definition) is 1. The first-order valence-corrected chi connectivity index (χ1v) is 8.58. The number of likely N-dealkylation sites (tertiary alicyclic amines) is 1. The van der Waals surface area contributed by atoms with Gasteiger partial charge in [-0.3, -0.25) is 9.89 Å². The number of carbonyl (C=O) groups excluding carboxylic acids is 1. The van der Waals surface area contributed by atoms with Crippen LogP contribution in [0.2, 0.25) is 0 Å². The Morgan fingerprint density at radius 2 is 2.29 bits per heavy atom. The fourth-order valence-electron chi connectivity index (χ4n) is 3.63. The molecule has 0 saturated carbocycles. The highest BCUT2D eigenvalue weighted by Crippen LogP contribution is 2.32. The van der Waals surface area contributed by atoms with Crippen molar-refractivity contribution in [2.24, 2.45) is 0 Å². The highest BCUT2D eigenvalue weighted by molar-refractivity contribution is 5.93. The van der Waals surface area contributed by atoms with Crippen molar-refractivity contribution < 1.29 is 13.9 Å². The summed E-state index contributed by atoms with van der Waals surface area (Å²) in [6.45, 7) is 4.12. The van der Waals surface area contributed by atoms with Crippen molar-refractivity contribution in [1.82, 2.24) is 20.1 Å². The van der Waals surface area contributed by atoms with Crippen LogP contribution in [0.25, 0.3) is 0 Å². The Morgan fingerprint density at radius 3 is 3.04 bits per heavy atom. The van der Waals surface area contributed by atoms with Crippen LogP contribution >= 0.6 is 0 Å². The fraction of sp³-hybridized carbons (Fsp3) is 0.588. The second-order valence-corrected chi connectivity index (χ2v) is 6.63. The summed E-state index contributed by atoms with van der Waals surface area (Å²) in [5.41, 5.74) is 2.48. The summed E-state index contributed by atoms with van der Waals surface area (Å²) in [4.78, 5) is 19.0. The molecule has 2 fully saturated rings. The third-order valence-electron chi connectivity index (χ3n) is 4.87. The molecule has 1 N–H and O–H groups in total. The molecule has 0 radical (unpaired) electrons. The largest absolute Gasteiger partial charge is 0.445 e. The molecule has 24 heavy (non-hydrogen) atoms. The highest BCUT2D eigenvalue weighted by atomic mass is 16.5. The number of H-pyrrole nitrogens is 1. The highest BCUT2D eigenvalue weighted by Gasteiger charge is 2.33. The first kappa shape index (κ1) is 15.4. The minimum absolute atomic E-state index is 0.0637. The van der Waals surface area contributed by atoms with Gasteiger partial charge in [0.1, 0.15) is 6.10 Å². The van der Waals surface area contributed by atoms with Crippen molar-refractivity contribution in [3.8, 4) is 0 Å². The Kier molecular flexibility index (Phi) is 4.10. The summed E-state index contributed by atoms with van der Waals surface area (Å²) in [7, 11) is 0. The number of nitrogens with zero attached hydrogens (tertiary/aromatic N) is 3. The maximum absolute atomic E-state index is 12.9. The van der Waals surface area contributed by atoms with Gasteiger partial charge in [-0.25, -0.2) is 4.98 Å². The van der Waals surface area contributed by atoms with E-state index in [2.05, 4.69) is 21.2 Å². The van der Waals surface area contributed by atoms with Crippen molar-refractivity contribution in [2.45, 2.75) is 44.6 Å². The molecule has 1 amide bonds. The standard InChI is InChI=1S/C17H22N4O3/c1-11-8-13(20-19-11)12-4-2-6-21(9-12)17(22)15-16(24-10-18-15)14-5-3-7-23-14/h8,10,12,14H,2-7,9H2,1H3,(H,19,20)/t12-,14-/m1/s1. The topological polar surface area (TPSA) is 84.2 Å². The Morgan fingerprint density at radius 1 is 1.38 bits per heavy atom. The number of aromatic nitrogens is 3. The zero-order valence-corrected chi connectivity index (χ0v) is 13.8. The van der Waals surface area contributed by atoms with E-state index in [-0.39, 0.29) is 17.9 Å². The van der Waals surface area contributed by atoms with Gasteiger partial charge in [-0.2, -0.15) is 5.10 Å². The number of aromatic amines is 1. The summed E-state index contributed by atoms with van der Waals surface area (Å²) >= 11 is 0. The zero-order valence-electron chi connectivity index (χ0n) is 13.8. The van der Waals surface area contributed by atoms with Crippen molar-refractivity contribution in [3.63, 3.8) is 0 Å². The van der Waals surface area contributed by atoms with E-state index in [1.165, 1.54) is 6.39 Å². The van der Waals surface area contributed by atoms with Gasteiger partial charge in [0.05, 0.1) is 5.69 Å². The molecule has 7 heteroatoms. The number of ether oxygens (including phenoxy) is 1. The number of piperidine rings is 1. The first-order chi connectivity index (χ1) is 11.7. The normalized spacial score (nSPS) is 24.5. The Bertz CT molecular complexity index is 717. The van der Waals surface area contributed by atoms with Gasteiger partial charge in [0.25, 0.3) is 5.91 Å². The lowest BCUT2D eigenvalue weighted by Crippen LogP contribution is -2.39. The fourth-order valence-corrected chi connectivity index (χ4v) is 3.63. The maximum atomic E-state index is 12.9. The van der Waals surface area contributed by atoms with Crippen LogP contribution in [0.15, 0.2) is 16.9 Å². The van der Waals surface area contributed by atoms with E-state index < -0.39 is 0 Å². The van der Waals surface area contributed by atoms with Crippen LogP contribution in [-0.4, -0.2) is 45.7 Å². The molecule has 128 valence electrons. The second kappa shape index (κ2) is 6.39. The van der Waals surface area contributed by atoms with Crippen molar-refractivity contribution in [3.05, 3.63) is 35.3 Å². The van der Waals surface area contributed by atoms with Crippen LogP contribution in [0.5, 0.6) is 0 Å². The van der Waals surface area contributed by atoms with Gasteiger partial charge in [-0.05, 0) is 38.7 Å². The predicted molar refractivity (Wildman–Crippen MR) is 85.6 cm³/mol. The van der Waals surface area contributed by atoms with Gasteiger partial charge in [0.2, 0.25) is 0 Å². The lowest BCUT2D eigenvalue weighted by Gasteiger charge is -2.31. The molecule has 2 aromatic heterocycles. The lowest BCUT2D eigenvalue weighted by molar-refractivity contribution is 0.0670. The predicted octanol–water partition coefficient (Wildman–Crippen LogP) is 2.58. The monoisotopic (exact) mass is 330 g/mol. The van der Waals surface area contributed by atoms with Gasteiger partial charge in [0, 0.05) is 31.3 Å². The third-order valence-corrected chi connectivity index (χ3v) is 4.87. The minimum atomic E-state index is -0.138. The quantitative estimate of drug-likeness (QED) is 0.935. The molecule has 0 aliphatic carbocycles. The lowest BCUT2D eigenvalue weighted by atomic mass is 9.94. The molecule has 2 saturated heterocycles. The number of rotatable bonds is 3. The van der Waals surface area contributed by atoms with Crippen molar-refractivity contribution >= 4 is 5.91 Å². The minimum Gasteiger partial charge on any atom is -0.445 e. The van der Waals surface area contributed by atoms with Gasteiger partial charge in [-0.1, -0.05) is 0 Å².